The Kier molecular flexibility index (Phi) is 3.35. The zero-order valence-electron chi connectivity index (χ0n) is 12.4. The molecule has 0 radical (unpaired) electrons. The smallest absolute Gasteiger partial charge is 0.256 e. The molecule has 118 valence electrons. The van der Waals surface area contributed by atoms with Gasteiger partial charge in [-0.25, -0.2) is 4.39 Å². The van der Waals surface area contributed by atoms with Gasteiger partial charge in [-0.15, -0.1) is 0 Å². The number of nitrogens with one attached hydrogen (secondary N) is 2. The second-order valence-electron chi connectivity index (χ2n) is 5.27. The molecule has 2 aromatic carbocycles. The number of aromatic amines is 1. The van der Waals surface area contributed by atoms with Crippen molar-refractivity contribution in [2.24, 2.45) is 0 Å². The zero-order valence-corrected chi connectivity index (χ0v) is 12.4. The van der Waals surface area contributed by atoms with Gasteiger partial charge >= 0.3 is 0 Å². The summed E-state index contributed by atoms with van der Waals surface area (Å²) in [5.74, 6) is 0.217. The lowest BCUT2D eigenvalue weighted by Gasteiger charge is -2.03. The topological polar surface area (TPSA) is 70.9 Å². The van der Waals surface area contributed by atoms with Crippen LogP contribution < -0.4 is 5.32 Å². The maximum absolute atomic E-state index is 13.3. The second kappa shape index (κ2) is 5.66. The van der Waals surface area contributed by atoms with Crippen LogP contribution in [0, 0.1) is 5.82 Å². The van der Waals surface area contributed by atoms with Crippen molar-refractivity contribution in [3.63, 3.8) is 0 Å². The molecule has 0 bridgehead atoms. The van der Waals surface area contributed by atoms with Crippen LogP contribution in [0.3, 0.4) is 0 Å². The lowest BCUT2D eigenvalue weighted by atomic mass is 10.1. The number of amides is 1. The number of hydrogen-bond donors (Lipinski definition) is 2. The molecule has 0 fully saturated rings. The number of benzene rings is 2. The van der Waals surface area contributed by atoms with E-state index in [-0.39, 0.29) is 5.56 Å². The minimum absolute atomic E-state index is 0.230. The molecule has 0 atom stereocenters. The summed E-state index contributed by atoms with van der Waals surface area (Å²) in [4.78, 5) is 12.3. The average Bonchev–Trinajstić information content (AvgIpc) is 3.25. The third-order valence-corrected chi connectivity index (χ3v) is 3.69. The molecule has 2 N–H and O–H groups in total. The largest absolute Gasteiger partial charge is 0.464 e. The van der Waals surface area contributed by atoms with Crippen LogP contribution in [0.1, 0.15) is 10.4 Å². The number of anilines is 1. The van der Waals surface area contributed by atoms with E-state index < -0.39 is 11.7 Å². The number of aromatic nitrogens is 2. The Labute approximate surface area is 136 Å². The van der Waals surface area contributed by atoms with Crippen molar-refractivity contribution in [2.75, 3.05) is 5.32 Å². The van der Waals surface area contributed by atoms with Gasteiger partial charge in [-0.3, -0.25) is 9.89 Å². The summed E-state index contributed by atoms with van der Waals surface area (Å²) in [6, 6.07) is 14.8. The van der Waals surface area contributed by atoms with Crippen molar-refractivity contribution in [2.45, 2.75) is 0 Å². The molecule has 2 aromatic heterocycles. The van der Waals surface area contributed by atoms with Gasteiger partial charge in [0.1, 0.15) is 11.6 Å². The summed E-state index contributed by atoms with van der Waals surface area (Å²) in [5.41, 5.74) is 1.88. The Bertz CT molecular complexity index is 1020. The fourth-order valence-corrected chi connectivity index (χ4v) is 2.51. The van der Waals surface area contributed by atoms with Gasteiger partial charge in [0.05, 0.1) is 11.8 Å². The van der Waals surface area contributed by atoms with E-state index in [1.807, 2.05) is 30.3 Å². The van der Waals surface area contributed by atoms with Gasteiger partial charge in [0, 0.05) is 16.5 Å². The highest BCUT2D eigenvalue weighted by Gasteiger charge is 2.13. The van der Waals surface area contributed by atoms with Gasteiger partial charge < -0.3 is 9.73 Å². The molecule has 0 saturated carbocycles. The number of H-pyrrole nitrogens is 1. The van der Waals surface area contributed by atoms with Crippen molar-refractivity contribution in [1.82, 2.24) is 10.2 Å². The predicted octanol–water partition coefficient (Wildman–Crippen LogP) is 4.21. The third kappa shape index (κ3) is 2.54. The third-order valence-electron chi connectivity index (χ3n) is 3.69. The van der Waals surface area contributed by atoms with Crippen molar-refractivity contribution in [3.8, 4) is 11.3 Å². The summed E-state index contributed by atoms with van der Waals surface area (Å²) in [7, 11) is 0. The molecule has 5 nitrogen and oxygen atoms in total. The Morgan fingerprint density at radius 2 is 2.04 bits per heavy atom. The van der Waals surface area contributed by atoms with Crippen LogP contribution in [0.25, 0.3) is 22.2 Å². The Morgan fingerprint density at radius 1 is 1.12 bits per heavy atom. The van der Waals surface area contributed by atoms with E-state index in [2.05, 4.69) is 15.5 Å². The molecule has 2 heterocycles. The zero-order chi connectivity index (χ0) is 16.5. The fourth-order valence-electron chi connectivity index (χ4n) is 2.51. The number of fused-ring (bicyclic) bond motifs is 1. The van der Waals surface area contributed by atoms with Gasteiger partial charge in [0.15, 0.2) is 5.82 Å². The summed E-state index contributed by atoms with van der Waals surface area (Å²) < 4.78 is 18.6. The summed E-state index contributed by atoms with van der Waals surface area (Å²) >= 11 is 0. The molecule has 0 aliphatic rings. The molecule has 0 unspecified atom stereocenters. The first-order chi connectivity index (χ1) is 11.7. The molecule has 1 amide bonds. The van der Waals surface area contributed by atoms with Crippen molar-refractivity contribution >= 4 is 22.6 Å². The molecule has 0 spiro atoms. The van der Waals surface area contributed by atoms with Gasteiger partial charge in [0.25, 0.3) is 5.91 Å². The molecule has 24 heavy (non-hydrogen) atoms. The predicted molar refractivity (Wildman–Crippen MR) is 88.1 cm³/mol. The van der Waals surface area contributed by atoms with Crippen LogP contribution in [-0.2, 0) is 0 Å². The molecular formula is C18H12FN3O2. The van der Waals surface area contributed by atoms with E-state index in [1.54, 1.807) is 12.3 Å². The molecule has 0 aliphatic heterocycles. The van der Waals surface area contributed by atoms with E-state index in [1.165, 1.54) is 18.2 Å². The molecule has 6 heteroatoms. The molecule has 4 aromatic rings. The average molecular weight is 321 g/mol. The molecule has 4 rings (SSSR count). The standard InChI is InChI=1S/C18H12FN3O2/c19-13-4-1-3-12(9-13)18(23)20-17-14-10-11(16-5-2-8-24-16)6-7-15(14)21-22-17/h1-10H,(H2,20,21,22,23). The minimum Gasteiger partial charge on any atom is -0.464 e. The van der Waals surface area contributed by atoms with Crippen molar-refractivity contribution < 1.29 is 13.6 Å². The SMILES string of the molecule is O=C(Nc1n[nH]c2ccc(-c3ccco3)cc12)c1cccc(F)c1. The van der Waals surface area contributed by atoms with Crippen LogP contribution in [-0.4, -0.2) is 16.1 Å². The van der Waals surface area contributed by atoms with E-state index >= 15 is 0 Å². The van der Waals surface area contributed by atoms with Crippen LogP contribution in [0.15, 0.2) is 65.3 Å². The van der Waals surface area contributed by atoms with Gasteiger partial charge in [0.2, 0.25) is 0 Å². The van der Waals surface area contributed by atoms with Crippen LogP contribution in [0.2, 0.25) is 0 Å². The maximum Gasteiger partial charge on any atom is 0.256 e. The molecule has 0 saturated heterocycles. The number of carbonyl (C=O) groups excluding carboxylic acids is 1. The first-order valence-corrected chi connectivity index (χ1v) is 7.29. The first kappa shape index (κ1) is 14.2. The monoisotopic (exact) mass is 321 g/mol. The van der Waals surface area contributed by atoms with E-state index in [4.69, 9.17) is 4.42 Å². The first-order valence-electron chi connectivity index (χ1n) is 7.29. The highest BCUT2D eigenvalue weighted by Crippen LogP contribution is 2.28. The normalized spacial score (nSPS) is 10.9. The highest BCUT2D eigenvalue weighted by molar-refractivity contribution is 6.08. The highest BCUT2D eigenvalue weighted by atomic mass is 19.1. The lowest BCUT2D eigenvalue weighted by Crippen LogP contribution is -2.12. The number of halogens is 1. The number of furan rings is 1. The number of hydrogen-bond acceptors (Lipinski definition) is 3. The van der Waals surface area contributed by atoms with Gasteiger partial charge in [-0.1, -0.05) is 6.07 Å². The van der Waals surface area contributed by atoms with E-state index in [9.17, 15) is 9.18 Å². The quantitative estimate of drug-likeness (QED) is 0.593. The van der Waals surface area contributed by atoms with Crippen LogP contribution in [0.5, 0.6) is 0 Å². The van der Waals surface area contributed by atoms with Crippen molar-refractivity contribution in [1.29, 1.82) is 0 Å². The summed E-state index contributed by atoms with van der Waals surface area (Å²) in [6.45, 7) is 0. The number of rotatable bonds is 3. The summed E-state index contributed by atoms with van der Waals surface area (Å²) in [6.07, 6.45) is 1.60. The lowest BCUT2D eigenvalue weighted by molar-refractivity contribution is 0.102. The Morgan fingerprint density at radius 3 is 2.83 bits per heavy atom. The fraction of sp³-hybridized carbons (Fsp3) is 0. The number of carbonyl (C=O) groups is 1. The molecule has 0 aliphatic carbocycles. The van der Waals surface area contributed by atoms with Crippen molar-refractivity contribution in [3.05, 3.63) is 72.2 Å². The van der Waals surface area contributed by atoms with Gasteiger partial charge in [-0.05, 0) is 48.5 Å². The summed E-state index contributed by atoms with van der Waals surface area (Å²) in [5, 5.41) is 10.4. The van der Waals surface area contributed by atoms with Crippen LogP contribution >= 0.6 is 0 Å². The number of nitrogens with zero attached hydrogens (tertiary/aromatic N) is 1. The van der Waals surface area contributed by atoms with Gasteiger partial charge in [-0.2, -0.15) is 5.10 Å². The minimum atomic E-state index is -0.463. The second-order valence-corrected chi connectivity index (χ2v) is 5.27. The maximum atomic E-state index is 13.3. The van der Waals surface area contributed by atoms with E-state index in [0.29, 0.717) is 5.82 Å². The molecular weight excluding hydrogens is 309 g/mol. The van der Waals surface area contributed by atoms with Crippen LogP contribution in [0.4, 0.5) is 10.2 Å². The Hall–Kier alpha value is -3.41. The Balaban J connectivity index is 1.69. The van der Waals surface area contributed by atoms with E-state index in [0.717, 1.165) is 22.2 Å².